The van der Waals surface area contributed by atoms with Crippen molar-refractivity contribution in [2.45, 2.75) is 90.5 Å². The number of quaternary nitrogens is 1. The molecule has 0 saturated carbocycles. The van der Waals surface area contributed by atoms with Gasteiger partial charge in [-0.05, 0) is 23.6 Å². The Morgan fingerprint density at radius 1 is 0.607 bits per heavy atom. The number of hydrogen-bond donors (Lipinski definition) is 0. The number of rotatable bonds is 15. The molecule has 0 aromatic heterocycles. The van der Waals surface area contributed by atoms with Gasteiger partial charge in [0.15, 0.2) is 0 Å². The Morgan fingerprint density at radius 2 is 1.14 bits per heavy atom. The van der Waals surface area contributed by atoms with E-state index < -0.39 is 0 Å². The summed E-state index contributed by atoms with van der Waals surface area (Å²) in [5.74, 6) is 0. The van der Waals surface area contributed by atoms with Gasteiger partial charge in [0.1, 0.15) is 6.54 Å². The smallest absolute Gasteiger partial charge is 0.105 e. The summed E-state index contributed by atoms with van der Waals surface area (Å²) in [5.41, 5.74) is 1.49. The van der Waals surface area contributed by atoms with E-state index in [9.17, 15) is 0 Å². The van der Waals surface area contributed by atoms with Gasteiger partial charge in [0.25, 0.3) is 0 Å². The van der Waals surface area contributed by atoms with E-state index in [-0.39, 0.29) is 0 Å². The third-order valence-electron chi connectivity index (χ3n) is 6.10. The first-order valence-corrected chi connectivity index (χ1v) is 11.9. The van der Waals surface area contributed by atoms with Gasteiger partial charge in [-0.25, -0.2) is 0 Å². The molecule has 0 amide bonds. The minimum atomic E-state index is 1.09. The molecule has 0 aliphatic heterocycles. The van der Waals surface area contributed by atoms with E-state index in [1.165, 1.54) is 99.9 Å². The molecule has 1 nitrogen and oxygen atoms in total. The zero-order valence-electron chi connectivity index (χ0n) is 18.9. The number of fused-ring (bicyclic) bond motifs is 1. The largest absolute Gasteiger partial charge is 0.325 e. The van der Waals surface area contributed by atoms with Crippen molar-refractivity contribution in [1.29, 1.82) is 0 Å². The van der Waals surface area contributed by atoms with Crippen molar-refractivity contribution in [3.63, 3.8) is 0 Å². The summed E-state index contributed by atoms with van der Waals surface area (Å²) in [6.07, 6.45) is 17.1. The van der Waals surface area contributed by atoms with Crippen LogP contribution < -0.4 is 0 Å². The summed E-state index contributed by atoms with van der Waals surface area (Å²) in [5, 5.41) is 2.79. The second-order valence-electron chi connectivity index (χ2n) is 9.34. The van der Waals surface area contributed by atoms with Crippen LogP contribution in [0, 0.1) is 0 Å². The van der Waals surface area contributed by atoms with E-state index in [1.807, 2.05) is 0 Å². The van der Waals surface area contributed by atoms with Crippen LogP contribution in [0.5, 0.6) is 0 Å². The van der Waals surface area contributed by atoms with Crippen LogP contribution in [0.25, 0.3) is 10.8 Å². The van der Waals surface area contributed by atoms with Gasteiger partial charge >= 0.3 is 0 Å². The lowest BCUT2D eigenvalue weighted by atomic mass is 10.0. The van der Waals surface area contributed by atoms with Gasteiger partial charge in [-0.1, -0.05) is 114 Å². The van der Waals surface area contributed by atoms with Crippen LogP contribution >= 0.6 is 0 Å². The molecule has 28 heavy (non-hydrogen) atoms. The first-order valence-electron chi connectivity index (χ1n) is 11.9. The Bertz CT molecular complexity index is 653. The number of unbranched alkanes of at least 4 members (excludes halogenated alkanes) is 11. The Labute approximate surface area is 174 Å². The molecule has 0 fully saturated rings. The Hall–Kier alpha value is -1.34. The first kappa shape index (κ1) is 22.9. The van der Waals surface area contributed by atoms with Gasteiger partial charge in [0.05, 0.1) is 20.6 Å². The van der Waals surface area contributed by atoms with Crippen molar-refractivity contribution in [2.75, 3.05) is 20.6 Å². The third-order valence-corrected chi connectivity index (χ3v) is 6.10. The molecule has 0 N–H and O–H groups in total. The van der Waals surface area contributed by atoms with Crippen molar-refractivity contribution < 1.29 is 4.48 Å². The molecular weight excluding hydrogens is 338 g/mol. The first-order chi connectivity index (χ1) is 13.6. The van der Waals surface area contributed by atoms with Gasteiger partial charge in [0, 0.05) is 5.56 Å². The molecule has 0 heterocycles. The van der Waals surface area contributed by atoms with Crippen LogP contribution in [0.1, 0.15) is 89.5 Å². The summed E-state index contributed by atoms with van der Waals surface area (Å²) in [6.45, 7) is 4.70. The molecule has 0 radical (unpaired) electrons. The molecule has 156 valence electrons. The molecule has 0 bridgehead atoms. The monoisotopic (exact) mass is 382 g/mol. The lowest BCUT2D eigenvalue weighted by Gasteiger charge is -2.30. The lowest BCUT2D eigenvalue weighted by molar-refractivity contribution is -0.903. The number of nitrogens with zero attached hydrogens (tertiary/aromatic N) is 1. The van der Waals surface area contributed by atoms with Crippen LogP contribution in [-0.2, 0) is 6.54 Å². The Kier molecular flexibility index (Phi) is 10.6. The summed E-state index contributed by atoms with van der Waals surface area (Å²) < 4.78 is 1.09. The van der Waals surface area contributed by atoms with Crippen LogP contribution in [-0.4, -0.2) is 25.1 Å². The van der Waals surface area contributed by atoms with Gasteiger partial charge in [-0.15, -0.1) is 0 Å². The highest BCUT2D eigenvalue weighted by Gasteiger charge is 2.16. The predicted octanol–water partition coefficient (Wildman–Crippen LogP) is 8.12. The highest BCUT2D eigenvalue weighted by molar-refractivity contribution is 5.85. The zero-order valence-corrected chi connectivity index (χ0v) is 18.9. The van der Waals surface area contributed by atoms with E-state index in [4.69, 9.17) is 0 Å². The van der Waals surface area contributed by atoms with Gasteiger partial charge in [-0.3, -0.25) is 0 Å². The molecular formula is C27H44N+. The second kappa shape index (κ2) is 13.0. The predicted molar refractivity (Wildman–Crippen MR) is 126 cm³/mol. The van der Waals surface area contributed by atoms with Crippen molar-refractivity contribution in [1.82, 2.24) is 0 Å². The van der Waals surface area contributed by atoms with Crippen molar-refractivity contribution >= 4 is 10.8 Å². The van der Waals surface area contributed by atoms with E-state index in [0.717, 1.165) is 11.0 Å². The summed E-state index contributed by atoms with van der Waals surface area (Å²) in [4.78, 5) is 0. The fraction of sp³-hybridized carbons (Fsp3) is 0.630. The summed E-state index contributed by atoms with van der Waals surface area (Å²) >= 11 is 0. The maximum Gasteiger partial charge on any atom is 0.105 e. The molecule has 2 aromatic carbocycles. The van der Waals surface area contributed by atoms with Crippen LogP contribution in [0.15, 0.2) is 42.5 Å². The number of benzene rings is 2. The van der Waals surface area contributed by atoms with Crippen molar-refractivity contribution in [3.05, 3.63) is 48.0 Å². The Balaban J connectivity index is 1.57. The molecule has 2 aromatic rings. The van der Waals surface area contributed by atoms with Crippen LogP contribution in [0.4, 0.5) is 0 Å². The van der Waals surface area contributed by atoms with E-state index >= 15 is 0 Å². The number of hydrogen-bond acceptors (Lipinski definition) is 0. The highest BCUT2D eigenvalue weighted by Crippen LogP contribution is 2.22. The standard InChI is InChI=1S/C27H44N/c1-4-5-6-7-8-9-10-11-12-13-14-17-23-28(2,3)24-26-21-18-20-25-19-15-16-22-27(25)26/h15-16,18-22H,4-14,17,23-24H2,1-3H3/q+1. The summed E-state index contributed by atoms with van der Waals surface area (Å²) in [6, 6.07) is 15.5. The SMILES string of the molecule is CCCCCCCCCCCCCC[N+](C)(C)Cc1cccc2ccccc12. The lowest BCUT2D eigenvalue weighted by Crippen LogP contribution is -2.39. The topological polar surface area (TPSA) is 0 Å². The molecule has 0 aliphatic carbocycles. The van der Waals surface area contributed by atoms with E-state index in [1.54, 1.807) is 0 Å². The average Bonchev–Trinajstić information content (AvgIpc) is 2.69. The van der Waals surface area contributed by atoms with Gasteiger partial charge in [-0.2, -0.15) is 0 Å². The maximum atomic E-state index is 2.39. The van der Waals surface area contributed by atoms with Gasteiger partial charge in [0.2, 0.25) is 0 Å². The fourth-order valence-electron chi connectivity index (χ4n) is 4.35. The van der Waals surface area contributed by atoms with Crippen LogP contribution in [0.2, 0.25) is 0 Å². The minimum absolute atomic E-state index is 1.09. The van der Waals surface area contributed by atoms with E-state index in [0.29, 0.717) is 0 Å². The molecule has 0 spiro atoms. The zero-order chi connectivity index (χ0) is 20.1. The minimum Gasteiger partial charge on any atom is -0.325 e. The molecule has 0 saturated heterocycles. The van der Waals surface area contributed by atoms with Crippen molar-refractivity contribution in [2.24, 2.45) is 0 Å². The van der Waals surface area contributed by atoms with Crippen molar-refractivity contribution in [3.8, 4) is 0 Å². The Morgan fingerprint density at radius 3 is 1.79 bits per heavy atom. The van der Waals surface area contributed by atoms with E-state index in [2.05, 4.69) is 63.5 Å². The van der Waals surface area contributed by atoms with Crippen LogP contribution in [0.3, 0.4) is 0 Å². The molecule has 2 rings (SSSR count). The highest BCUT2D eigenvalue weighted by atomic mass is 15.3. The maximum absolute atomic E-state index is 2.39. The molecule has 0 aliphatic rings. The summed E-state index contributed by atoms with van der Waals surface area (Å²) in [7, 11) is 4.78. The molecule has 1 heteroatoms. The molecule has 0 atom stereocenters. The third kappa shape index (κ3) is 8.78. The quantitative estimate of drug-likeness (QED) is 0.215. The second-order valence-corrected chi connectivity index (χ2v) is 9.34. The molecule has 0 unspecified atom stereocenters. The average molecular weight is 383 g/mol. The normalized spacial score (nSPS) is 12.0. The fourth-order valence-corrected chi connectivity index (χ4v) is 4.35. The van der Waals surface area contributed by atoms with Gasteiger partial charge < -0.3 is 4.48 Å².